The fourth-order valence-corrected chi connectivity index (χ4v) is 5.26. The van der Waals surface area contributed by atoms with E-state index in [1.165, 1.54) is 16.7 Å². The smallest absolute Gasteiger partial charge is 0.0920 e. The molecule has 4 heteroatoms. The molecular formula is C26H27ClN2O. The third kappa shape index (κ3) is 3.66. The van der Waals surface area contributed by atoms with Gasteiger partial charge in [0.1, 0.15) is 0 Å². The topological polar surface area (TPSA) is 36.4 Å². The summed E-state index contributed by atoms with van der Waals surface area (Å²) in [5.41, 5.74) is 5.50. The summed E-state index contributed by atoms with van der Waals surface area (Å²) in [7, 11) is 0. The lowest BCUT2D eigenvalue weighted by molar-refractivity contribution is -0.0261. The maximum atomic E-state index is 11.1. The number of hydrogen-bond acceptors (Lipinski definition) is 3. The molecule has 1 unspecified atom stereocenters. The molecule has 1 atom stereocenters. The zero-order valence-corrected chi connectivity index (χ0v) is 17.9. The van der Waals surface area contributed by atoms with Gasteiger partial charge in [0.15, 0.2) is 0 Å². The SMILES string of the molecule is OC1(c2ccc(Cl)cc2)CCN(CCCC2c3ccccc3-c3ncccc32)CC1. The number of fused-ring (bicyclic) bond motifs is 3. The van der Waals surface area contributed by atoms with Crippen molar-refractivity contribution in [1.29, 1.82) is 0 Å². The Bertz CT molecular complexity index is 980. The molecule has 0 saturated carbocycles. The highest BCUT2D eigenvalue weighted by Gasteiger charge is 2.34. The Hall–Kier alpha value is -2.20. The quantitative estimate of drug-likeness (QED) is 0.584. The van der Waals surface area contributed by atoms with Crippen LogP contribution in [0.2, 0.25) is 5.02 Å². The van der Waals surface area contributed by atoms with E-state index in [2.05, 4.69) is 46.3 Å². The van der Waals surface area contributed by atoms with Crippen molar-refractivity contribution in [1.82, 2.24) is 9.88 Å². The van der Waals surface area contributed by atoms with Gasteiger partial charge in [0, 0.05) is 35.8 Å². The minimum atomic E-state index is -0.726. The van der Waals surface area contributed by atoms with Crippen LogP contribution in [0.5, 0.6) is 0 Å². The normalized spacial score (nSPS) is 20.0. The van der Waals surface area contributed by atoms with E-state index in [-0.39, 0.29) is 0 Å². The summed E-state index contributed by atoms with van der Waals surface area (Å²) in [6.45, 7) is 2.93. The van der Waals surface area contributed by atoms with Crippen molar-refractivity contribution in [2.24, 2.45) is 0 Å². The minimum Gasteiger partial charge on any atom is -0.385 e. The number of aliphatic hydroxyl groups is 1. The Morgan fingerprint density at radius 3 is 2.50 bits per heavy atom. The second-order valence-corrected chi connectivity index (χ2v) is 9.04. The average Bonchev–Trinajstić information content (AvgIpc) is 3.10. The molecule has 0 spiro atoms. The summed E-state index contributed by atoms with van der Waals surface area (Å²) in [6.07, 6.45) is 5.72. The van der Waals surface area contributed by atoms with E-state index in [4.69, 9.17) is 11.6 Å². The molecule has 1 aliphatic heterocycles. The molecule has 154 valence electrons. The molecule has 1 N–H and O–H groups in total. The van der Waals surface area contributed by atoms with Gasteiger partial charge < -0.3 is 10.0 Å². The fraction of sp³-hybridized carbons (Fsp3) is 0.346. The van der Waals surface area contributed by atoms with E-state index in [1.54, 1.807) is 0 Å². The van der Waals surface area contributed by atoms with Gasteiger partial charge in [-0.05, 0) is 67.1 Å². The van der Waals surface area contributed by atoms with Crippen LogP contribution in [0.25, 0.3) is 11.3 Å². The van der Waals surface area contributed by atoms with E-state index >= 15 is 0 Å². The number of hydrogen-bond donors (Lipinski definition) is 1. The van der Waals surface area contributed by atoms with E-state index < -0.39 is 5.60 Å². The highest BCUT2D eigenvalue weighted by Crippen LogP contribution is 2.45. The van der Waals surface area contributed by atoms with Crippen LogP contribution in [0, 0.1) is 0 Å². The first-order valence-electron chi connectivity index (χ1n) is 10.9. The van der Waals surface area contributed by atoms with E-state index in [9.17, 15) is 5.11 Å². The molecule has 0 bridgehead atoms. The van der Waals surface area contributed by atoms with Crippen molar-refractivity contribution in [3.05, 3.63) is 88.6 Å². The number of halogens is 1. The molecule has 1 aliphatic carbocycles. The van der Waals surface area contributed by atoms with E-state index in [0.717, 1.165) is 56.6 Å². The van der Waals surface area contributed by atoms with Gasteiger partial charge in [-0.3, -0.25) is 4.98 Å². The first-order chi connectivity index (χ1) is 14.6. The van der Waals surface area contributed by atoms with E-state index in [0.29, 0.717) is 10.9 Å². The molecule has 2 heterocycles. The average molecular weight is 419 g/mol. The molecule has 2 aromatic carbocycles. The van der Waals surface area contributed by atoms with Crippen LogP contribution in [0.4, 0.5) is 0 Å². The molecule has 5 rings (SSSR count). The lowest BCUT2D eigenvalue weighted by atomic mass is 9.84. The molecule has 0 amide bonds. The van der Waals surface area contributed by atoms with Crippen LogP contribution < -0.4 is 0 Å². The number of aromatic nitrogens is 1. The number of nitrogens with zero attached hydrogens (tertiary/aromatic N) is 2. The Kier molecular flexibility index (Phi) is 5.36. The van der Waals surface area contributed by atoms with Crippen LogP contribution in [0.1, 0.15) is 48.3 Å². The third-order valence-electron chi connectivity index (χ3n) is 6.84. The highest BCUT2D eigenvalue weighted by molar-refractivity contribution is 6.30. The number of benzene rings is 2. The van der Waals surface area contributed by atoms with Gasteiger partial charge >= 0.3 is 0 Å². The van der Waals surface area contributed by atoms with Crippen LogP contribution in [0.3, 0.4) is 0 Å². The van der Waals surface area contributed by atoms with Crippen molar-refractivity contribution < 1.29 is 5.11 Å². The summed E-state index contributed by atoms with van der Waals surface area (Å²) in [5.74, 6) is 0.445. The molecule has 30 heavy (non-hydrogen) atoms. The lowest BCUT2D eigenvalue weighted by Crippen LogP contribution is -2.42. The zero-order chi connectivity index (χ0) is 20.6. The highest BCUT2D eigenvalue weighted by atomic mass is 35.5. The summed E-state index contributed by atoms with van der Waals surface area (Å²) in [6, 6.07) is 20.6. The molecule has 2 aliphatic rings. The first-order valence-corrected chi connectivity index (χ1v) is 11.3. The van der Waals surface area contributed by atoms with Crippen LogP contribution >= 0.6 is 11.6 Å². The Morgan fingerprint density at radius 1 is 0.967 bits per heavy atom. The third-order valence-corrected chi connectivity index (χ3v) is 7.09. The summed E-state index contributed by atoms with van der Waals surface area (Å²) >= 11 is 6.00. The van der Waals surface area contributed by atoms with Crippen molar-refractivity contribution in [2.45, 2.75) is 37.2 Å². The lowest BCUT2D eigenvalue weighted by Gasteiger charge is -2.38. The molecule has 1 fully saturated rings. The summed E-state index contributed by atoms with van der Waals surface area (Å²) in [5, 5.41) is 11.8. The molecule has 3 nitrogen and oxygen atoms in total. The van der Waals surface area contributed by atoms with Gasteiger partial charge in [0.25, 0.3) is 0 Å². The van der Waals surface area contributed by atoms with Crippen molar-refractivity contribution in [3.8, 4) is 11.3 Å². The Balaban J connectivity index is 1.19. The maximum absolute atomic E-state index is 11.1. The standard InChI is InChI=1S/C26H27ClN2O/c27-20-11-9-19(10-12-20)26(30)13-17-29(18-14-26)16-4-8-22-21-5-1-2-6-23(21)25-24(22)7-3-15-28-25/h1-3,5-7,9-12,15,22,30H,4,8,13-14,16-18H2. The van der Waals surface area contributed by atoms with E-state index in [1.807, 2.05) is 30.5 Å². The first kappa shape index (κ1) is 19.7. The summed E-state index contributed by atoms with van der Waals surface area (Å²) < 4.78 is 0. The largest absolute Gasteiger partial charge is 0.385 e. The van der Waals surface area contributed by atoms with Gasteiger partial charge in [0.05, 0.1) is 11.3 Å². The predicted octanol–water partition coefficient (Wildman–Crippen LogP) is 5.61. The van der Waals surface area contributed by atoms with Crippen LogP contribution in [-0.4, -0.2) is 34.6 Å². The van der Waals surface area contributed by atoms with Gasteiger partial charge in [-0.1, -0.05) is 54.1 Å². The van der Waals surface area contributed by atoms with Crippen molar-refractivity contribution in [2.75, 3.05) is 19.6 Å². The number of likely N-dealkylation sites (tertiary alicyclic amines) is 1. The zero-order valence-electron chi connectivity index (χ0n) is 17.1. The Morgan fingerprint density at radius 2 is 1.70 bits per heavy atom. The fourth-order valence-electron chi connectivity index (χ4n) is 5.13. The summed E-state index contributed by atoms with van der Waals surface area (Å²) in [4.78, 5) is 7.15. The predicted molar refractivity (Wildman–Crippen MR) is 122 cm³/mol. The molecule has 1 saturated heterocycles. The molecule has 3 aromatic rings. The minimum absolute atomic E-state index is 0.445. The number of piperidine rings is 1. The second-order valence-electron chi connectivity index (χ2n) is 8.60. The van der Waals surface area contributed by atoms with Gasteiger partial charge in [-0.25, -0.2) is 0 Å². The Labute approximate surface area is 183 Å². The number of rotatable bonds is 5. The number of pyridine rings is 1. The van der Waals surface area contributed by atoms with Crippen LogP contribution in [0.15, 0.2) is 66.9 Å². The van der Waals surface area contributed by atoms with Gasteiger partial charge in [-0.2, -0.15) is 0 Å². The molecule has 1 aromatic heterocycles. The monoisotopic (exact) mass is 418 g/mol. The van der Waals surface area contributed by atoms with Gasteiger partial charge in [-0.15, -0.1) is 0 Å². The maximum Gasteiger partial charge on any atom is 0.0920 e. The molecule has 0 radical (unpaired) electrons. The van der Waals surface area contributed by atoms with Crippen molar-refractivity contribution >= 4 is 11.6 Å². The molecular weight excluding hydrogens is 392 g/mol. The second kappa shape index (κ2) is 8.14. The van der Waals surface area contributed by atoms with Gasteiger partial charge in [0.2, 0.25) is 0 Å². The van der Waals surface area contributed by atoms with Crippen molar-refractivity contribution in [3.63, 3.8) is 0 Å². The van der Waals surface area contributed by atoms with Crippen LogP contribution in [-0.2, 0) is 5.60 Å².